The Kier molecular flexibility index (Phi) is 5.36. The second-order valence-corrected chi connectivity index (χ2v) is 5.43. The van der Waals surface area contributed by atoms with E-state index in [0.717, 1.165) is 16.7 Å². The fourth-order valence-electron chi connectivity index (χ4n) is 2.25. The number of aryl methyl sites for hydroxylation is 1. The van der Waals surface area contributed by atoms with Gasteiger partial charge in [-0.15, -0.1) is 0 Å². The van der Waals surface area contributed by atoms with E-state index in [4.69, 9.17) is 0 Å². The van der Waals surface area contributed by atoms with E-state index >= 15 is 0 Å². The molecule has 0 aliphatic carbocycles. The first-order valence-corrected chi connectivity index (χ1v) is 7.38. The van der Waals surface area contributed by atoms with Gasteiger partial charge in [-0.1, -0.05) is 42.5 Å². The van der Waals surface area contributed by atoms with Crippen molar-refractivity contribution in [3.63, 3.8) is 0 Å². The van der Waals surface area contributed by atoms with Crippen molar-refractivity contribution in [3.8, 4) is 0 Å². The molecule has 0 fully saturated rings. The lowest BCUT2D eigenvalue weighted by Gasteiger charge is -2.16. The van der Waals surface area contributed by atoms with Gasteiger partial charge < -0.3 is 15.7 Å². The third-order valence-corrected chi connectivity index (χ3v) is 3.74. The fourth-order valence-corrected chi connectivity index (χ4v) is 2.25. The summed E-state index contributed by atoms with van der Waals surface area (Å²) in [5.41, 5.74) is 3.54. The summed E-state index contributed by atoms with van der Waals surface area (Å²) < 4.78 is 0. The fraction of sp³-hybridized carbons (Fsp3) is 0.222. The van der Waals surface area contributed by atoms with E-state index in [0.29, 0.717) is 5.69 Å². The molecule has 0 unspecified atom stereocenters. The smallest absolute Gasteiger partial charge is 0.326 e. The number of carbonyl (C=O) groups is 2. The Balaban J connectivity index is 2.03. The average Bonchev–Trinajstić information content (AvgIpc) is 2.52. The van der Waals surface area contributed by atoms with Crippen molar-refractivity contribution in [2.75, 3.05) is 5.32 Å². The summed E-state index contributed by atoms with van der Waals surface area (Å²) in [5.74, 6) is -1.06. The quantitative estimate of drug-likeness (QED) is 0.793. The van der Waals surface area contributed by atoms with Gasteiger partial charge in [0.2, 0.25) is 0 Å². The lowest BCUT2D eigenvalue weighted by Crippen LogP contribution is -2.44. The molecular formula is C18H20N2O3. The Morgan fingerprint density at radius 1 is 1.04 bits per heavy atom. The van der Waals surface area contributed by atoms with E-state index in [1.54, 1.807) is 6.07 Å². The normalized spacial score (nSPS) is 11.6. The lowest BCUT2D eigenvalue weighted by atomic mass is 10.1. The highest BCUT2D eigenvalue weighted by atomic mass is 16.4. The maximum atomic E-state index is 12.1. The number of benzene rings is 2. The van der Waals surface area contributed by atoms with Gasteiger partial charge in [-0.3, -0.25) is 0 Å². The minimum absolute atomic E-state index is 0.233. The monoisotopic (exact) mass is 312 g/mol. The van der Waals surface area contributed by atoms with E-state index in [1.165, 1.54) is 0 Å². The molecule has 0 spiro atoms. The first-order valence-electron chi connectivity index (χ1n) is 7.38. The number of aliphatic carboxylic acids is 1. The molecule has 120 valence electrons. The predicted octanol–water partition coefficient (Wildman–Crippen LogP) is 3.12. The van der Waals surface area contributed by atoms with Gasteiger partial charge in [0.05, 0.1) is 0 Å². The Hall–Kier alpha value is -2.82. The summed E-state index contributed by atoms with van der Waals surface area (Å²) in [7, 11) is 0. The summed E-state index contributed by atoms with van der Waals surface area (Å²) in [6, 6.07) is 13.3. The molecule has 5 nitrogen and oxygen atoms in total. The van der Waals surface area contributed by atoms with E-state index in [-0.39, 0.29) is 6.42 Å². The number of rotatable bonds is 5. The minimum Gasteiger partial charge on any atom is -0.480 e. The van der Waals surface area contributed by atoms with Crippen molar-refractivity contribution in [1.82, 2.24) is 5.32 Å². The van der Waals surface area contributed by atoms with E-state index < -0.39 is 18.0 Å². The third-order valence-electron chi connectivity index (χ3n) is 3.74. The minimum atomic E-state index is -1.06. The van der Waals surface area contributed by atoms with Crippen LogP contribution in [0.25, 0.3) is 0 Å². The van der Waals surface area contributed by atoms with Gasteiger partial charge in [0.1, 0.15) is 6.04 Å². The van der Waals surface area contributed by atoms with Crippen molar-refractivity contribution in [2.45, 2.75) is 26.3 Å². The number of amides is 2. The zero-order valence-electron chi connectivity index (χ0n) is 13.2. The molecule has 23 heavy (non-hydrogen) atoms. The maximum absolute atomic E-state index is 12.1. The molecule has 2 aromatic carbocycles. The van der Waals surface area contributed by atoms with Crippen molar-refractivity contribution in [2.24, 2.45) is 0 Å². The molecule has 0 aromatic heterocycles. The second kappa shape index (κ2) is 7.45. The van der Waals surface area contributed by atoms with Crippen LogP contribution >= 0.6 is 0 Å². The van der Waals surface area contributed by atoms with Crippen molar-refractivity contribution in [1.29, 1.82) is 0 Å². The van der Waals surface area contributed by atoms with E-state index in [2.05, 4.69) is 10.6 Å². The predicted molar refractivity (Wildman–Crippen MR) is 89.6 cm³/mol. The number of carboxylic acids is 1. The summed E-state index contributed by atoms with van der Waals surface area (Å²) >= 11 is 0. The number of carboxylic acid groups (broad SMARTS) is 1. The summed E-state index contributed by atoms with van der Waals surface area (Å²) in [4.78, 5) is 23.5. The van der Waals surface area contributed by atoms with Crippen molar-refractivity contribution in [3.05, 3.63) is 65.2 Å². The van der Waals surface area contributed by atoms with Gasteiger partial charge in [0, 0.05) is 12.1 Å². The van der Waals surface area contributed by atoms with Gasteiger partial charge in [-0.2, -0.15) is 0 Å². The topological polar surface area (TPSA) is 78.4 Å². The second-order valence-electron chi connectivity index (χ2n) is 5.43. The third kappa shape index (κ3) is 4.57. The Labute approximate surface area is 135 Å². The molecule has 2 amide bonds. The number of urea groups is 1. The lowest BCUT2D eigenvalue weighted by molar-refractivity contribution is -0.139. The largest absolute Gasteiger partial charge is 0.480 e. The first kappa shape index (κ1) is 16.5. The van der Waals surface area contributed by atoms with Crippen LogP contribution in [0.5, 0.6) is 0 Å². The van der Waals surface area contributed by atoms with Gasteiger partial charge in [0.25, 0.3) is 0 Å². The van der Waals surface area contributed by atoms with Gasteiger partial charge >= 0.3 is 12.0 Å². The molecule has 0 heterocycles. The zero-order chi connectivity index (χ0) is 16.8. The summed E-state index contributed by atoms with van der Waals surface area (Å²) in [6.07, 6.45) is 0.233. The van der Waals surface area contributed by atoms with Crippen LogP contribution in [0.4, 0.5) is 10.5 Å². The molecule has 0 aliphatic heterocycles. The van der Waals surface area contributed by atoms with Gasteiger partial charge in [0.15, 0.2) is 0 Å². The number of carbonyl (C=O) groups excluding carboxylic acids is 1. The number of nitrogens with one attached hydrogen (secondary N) is 2. The average molecular weight is 312 g/mol. The molecule has 0 saturated heterocycles. The van der Waals surface area contributed by atoms with Crippen LogP contribution in [0, 0.1) is 13.8 Å². The molecule has 2 rings (SSSR count). The van der Waals surface area contributed by atoms with Gasteiger partial charge in [-0.05, 0) is 36.6 Å². The molecule has 5 heteroatoms. The summed E-state index contributed by atoms with van der Waals surface area (Å²) in [5, 5.41) is 14.5. The highest BCUT2D eigenvalue weighted by molar-refractivity contribution is 5.93. The number of hydrogen-bond acceptors (Lipinski definition) is 2. The number of anilines is 1. The summed E-state index contributed by atoms with van der Waals surface area (Å²) in [6.45, 7) is 3.86. The van der Waals surface area contributed by atoms with Crippen molar-refractivity contribution >= 4 is 17.7 Å². The molecular weight excluding hydrogens is 292 g/mol. The molecule has 0 aliphatic rings. The molecule has 0 saturated carbocycles. The van der Waals surface area contributed by atoms with E-state index in [1.807, 2.05) is 56.3 Å². The van der Waals surface area contributed by atoms with Crippen LogP contribution in [0.2, 0.25) is 0 Å². The van der Waals surface area contributed by atoms with Crippen LogP contribution in [0.3, 0.4) is 0 Å². The molecule has 3 N–H and O–H groups in total. The zero-order valence-corrected chi connectivity index (χ0v) is 13.2. The van der Waals surface area contributed by atoms with Crippen LogP contribution < -0.4 is 10.6 Å². The van der Waals surface area contributed by atoms with Gasteiger partial charge in [-0.25, -0.2) is 9.59 Å². The van der Waals surface area contributed by atoms with Crippen LogP contribution in [0.15, 0.2) is 48.5 Å². The Morgan fingerprint density at radius 3 is 2.39 bits per heavy atom. The standard InChI is InChI=1S/C18H20N2O3/c1-12-7-6-10-15(13(12)2)19-18(23)20-16(17(21)22)11-14-8-4-3-5-9-14/h3-10,16H,11H2,1-2H3,(H,21,22)(H2,19,20,23)/t16-/m0/s1. The molecule has 2 aromatic rings. The highest BCUT2D eigenvalue weighted by Gasteiger charge is 2.20. The Bertz CT molecular complexity index is 699. The molecule has 0 radical (unpaired) electrons. The van der Waals surface area contributed by atoms with Crippen LogP contribution in [-0.4, -0.2) is 23.1 Å². The molecule has 0 bridgehead atoms. The molecule has 1 atom stereocenters. The van der Waals surface area contributed by atoms with Crippen LogP contribution in [0.1, 0.15) is 16.7 Å². The Morgan fingerprint density at radius 2 is 1.74 bits per heavy atom. The number of hydrogen-bond donors (Lipinski definition) is 3. The SMILES string of the molecule is Cc1cccc(NC(=O)N[C@@H](Cc2ccccc2)C(=O)O)c1C. The highest BCUT2D eigenvalue weighted by Crippen LogP contribution is 2.17. The first-order chi connectivity index (χ1) is 11.0. The van der Waals surface area contributed by atoms with E-state index in [9.17, 15) is 14.7 Å². The van der Waals surface area contributed by atoms with Crippen molar-refractivity contribution < 1.29 is 14.7 Å². The van der Waals surface area contributed by atoms with Crippen LogP contribution in [-0.2, 0) is 11.2 Å². The maximum Gasteiger partial charge on any atom is 0.326 e.